The van der Waals surface area contributed by atoms with Crippen LogP contribution in [0, 0.1) is 0 Å². The van der Waals surface area contributed by atoms with Crippen LogP contribution in [-0.2, 0) is 14.8 Å². The molecule has 0 saturated carbocycles. The number of halogens is 2. The molecule has 22 heavy (non-hydrogen) atoms. The van der Waals surface area contributed by atoms with E-state index in [9.17, 15) is 13.2 Å². The lowest BCUT2D eigenvalue weighted by atomic mass is 10.2. The van der Waals surface area contributed by atoms with Gasteiger partial charge in [-0.3, -0.25) is 0 Å². The van der Waals surface area contributed by atoms with Gasteiger partial charge in [0, 0.05) is 0 Å². The van der Waals surface area contributed by atoms with Crippen LogP contribution in [0.3, 0.4) is 0 Å². The maximum atomic E-state index is 12.4. The third-order valence-corrected chi connectivity index (χ3v) is 4.11. The number of hydrogen-bond donors (Lipinski definition) is 1. The van der Waals surface area contributed by atoms with E-state index in [-0.39, 0.29) is 27.0 Å². The maximum Gasteiger partial charge on any atom is 0.339 e. The summed E-state index contributed by atoms with van der Waals surface area (Å²) in [7, 11) is -3.01. The largest absolute Gasteiger partial charge is 0.465 e. The molecule has 1 N–H and O–H groups in total. The van der Waals surface area contributed by atoms with Gasteiger partial charge in [0.25, 0.3) is 10.0 Å². The van der Waals surface area contributed by atoms with Gasteiger partial charge < -0.3 is 4.74 Å². The fourth-order valence-electron chi connectivity index (χ4n) is 1.53. The lowest BCUT2D eigenvalue weighted by Gasteiger charge is -2.10. The molecule has 0 aliphatic heterocycles. The van der Waals surface area contributed by atoms with Crippen LogP contribution in [0.1, 0.15) is 10.4 Å². The third-order valence-electron chi connectivity index (χ3n) is 2.39. The van der Waals surface area contributed by atoms with E-state index in [1.54, 1.807) is 0 Å². The van der Waals surface area contributed by atoms with Crippen LogP contribution in [0.4, 0.5) is 5.95 Å². The van der Waals surface area contributed by atoms with Crippen molar-refractivity contribution in [3.63, 3.8) is 0 Å². The Labute approximate surface area is 135 Å². The standard InChI is InChI=1S/C11H8Cl2N4O4S/c1-21-8(18)6-4-2-3-5-7(6)22(19,20)17-11-15-9(12)14-10(13)16-11/h2-5H,1H3,(H,14,15,16,17). The zero-order valence-electron chi connectivity index (χ0n) is 10.9. The molecular weight excluding hydrogens is 355 g/mol. The van der Waals surface area contributed by atoms with Crippen molar-refractivity contribution in [1.29, 1.82) is 0 Å². The fourth-order valence-corrected chi connectivity index (χ4v) is 3.03. The Morgan fingerprint density at radius 1 is 1.14 bits per heavy atom. The summed E-state index contributed by atoms with van der Waals surface area (Å²) in [5.74, 6) is -1.17. The zero-order valence-corrected chi connectivity index (χ0v) is 13.3. The number of hydrogen-bond acceptors (Lipinski definition) is 7. The number of anilines is 1. The summed E-state index contributed by atoms with van der Waals surface area (Å²) in [6.07, 6.45) is 0. The van der Waals surface area contributed by atoms with Crippen LogP contribution in [0.15, 0.2) is 29.2 Å². The van der Waals surface area contributed by atoms with E-state index < -0.39 is 16.0 Å². The van der Waals surface area contributed by atoms with E-state index in [1.165, 1.54) is 24.3 Å². The van der Waals surface area contributed by atoms with E-state index in [2.05, 4.69) is 24.4 Å². The Balaban J connectivity index is 2.45. The summed E-state index contributed by atoms with van der Waals surface area (Å²) in [6.45, 7) is 0. The number of esters is 1. The number of methoxy groups -OCH3 is 1. The van der Waals surface area contributed by atoms with Crippen molar-refractivity contribution in [3.05, 3.63) is 40.4 Å². The van der Waals surface area contributed by atoms with Gasteiger partial charge in [-0.15, -0.1) is 0 Å². The highest BCUT2D eigenvalue weighted by atomic mass is 35.5. The van der Waals surface area contributed by atoms with Crippen LogP contribution in [0.5, 0.6) is 0 Å². The van der Waals surface area contributed by atoms with Crippen LogP contribution < -0.4 is 4.72 Å². The molecule has 0 amide bonds. The molecule has 11 heteroatoms. The SMILES string of the molecule is COC(=O)c1ccccc1S(=O)(=O)Nc1nc(Cl)nc(Cl)n1. The van der Waals surface area contributed by atoms with Crippen molar-refractivity contribution in [2.75, 3.05) is 11.8 Å². The molecule has 1 aromatic heterocycles. The number of aromatic nitrogens is 3. The molecule has 1 aromatic carbocycles. The Morgan fingerprint density at radius 3 is 2.32 bits per heavy atom. The molecule has 8 nitrogen and oxygen atoms in total. The lowest BCUT2D eigenvalue weighted by Crippen LogP contribution is -2.19. The highest BCUT2D eigenvalue weighted by Crippen LogP contribution is 2.20. The van der Waals surface area contributed by atoms with E-state index >= 15 is 0 Å². The lowest BCUT2D eigenvalue weighted by molar-refractivity contribution is 0.0596. The number of ether oxygens (including phenoxy) is 1. The number of nitrogens with zero attached hydrogens (tertiary/aromatic N) is 3. The Morgan fingerprint density at radius 2 is 1.73 bits per heavy atom. The van der Waals surface area contributed by atoms with Crippen molar-refractivity contribution in [2.24, 2.45) is 0 Å². The number of carbonyl (C=O) groups excluding carboxylic acids is 1. The van der Waals surface area contributed by atoms with Gasteiger partial charge in [0.2, 0.25) is 16.5 Å². The summed E-state index contributed by atoms with van der Waals surface area (Å²) >= 11 is 11.1. The second kappa shape index (κ2) is 6.42. The second-order valence-corrected chi connectivity index (χ2v) is 6.12. The maximum absolute atomic E-state index is 12.4. The molecule has 0 fully saturated rings. The van der Waals surface area contributed by atoms with Crippen molar-refractivity contribution in [1.82, 2.24) is 15.0 Å². The summed E-state index contributed by atoms with van der Waals surface area (Å²) in [4.78, 5) is 22.0. The van der Waals surface area contributed by atoms with Gasteiger partial charge in [-0.1, -0.05) is 12.1 Å². The van der Waals surface area contributed by atoms with Crippen molar-refractivity contribution >= 4 is 45.1 Å². The van der Waals surface area contributed by atoms with Gasteiger partial charge in [-0.2, -0.15) is 15.0 Å². The van der Waals surface area contributed by atoms with Gasteiger partial charge in [0.1, 0.15) is 4.90 Å². The number of nitrogens with one attached hydrogen (secondary N) is 1. The molecular formula is C11H8Cl2N4O4S. The van der Waals surface area contributed by atoms with Gasteiger partial charge in [-0.25, -0.2) is 17.9 Å². The highest BCUT2D eigenvalue weighted by molar-refractivity contribution is 7.92. The van der Waals surface area contributed by atoms with Crippen LogP contribution in [-0.4, -0.2) is 36.4 Å². The molecule has 0 aliphatic carbocycles. The van der Waals surface area contributed by atoms with Gasteiger partial charge in [-0.05, 0) is 35.3 Å². The first-order valence-electron chi connectivity index (χ1n) is 5.61. The molecule has 0 saturated heterocycles. The molecule has 2 aromatic rings. The molecule has 0 aliphatic rings. The predicted molar refractivity (Wildman–Crippen MR) is 78.4 cm³/mol. The summed E-state index contributed by atoms with van der Waals surface area (Å²) in [5, 5.41) is -0.557. The molecule has 0 bridgehead atoms. The fraction of sp³-hybridized carbons (Fsp3) is 0.0909. The van der Waals surface area contributed by atoms with Crippen LogP contribution in [0.2, 0.25) is 10.6 Å². The number of benzene rings is 1. The Hall–Kier alpha value is -1.97. The number of carbonyl (C=O) groups is 1. The monoisotopic (exact) mass is 362 g/mol. The molecule has 1 heterocycles. The quantitative estimate of drug-likeness (QED) is 0.824. The summed E-state index contributed by atoms with van der Waals surface area (Å²) in [6, 6.07) is 5.50. The Kier molecular flexibility index (Phi) is 4.79. The first kappa shape index (κ1) is 16.4. The van der Waals surface area contributed by atoms with Crippen molar-refractivity contribution in [3.8, 4) is 0 Å². The van der Waals surface area contributed by atoms with E-state index in [1.807, 2.05) is 0 Å². The van der Waals surface area contributed by atoms with Crippen molar-refractivity contribution in [2.45, 2.75) is 4.90 Å². The third kappa shape index (κ3) is 3.62. The molecule has 0 radical (unpaired) electrons. The second-order valence-electron chi connectivity index (χ2n) is 3.79. The molecule has 0 atom stereocenters. The average Bonchev–Trinajstić information content (AvgIpc) is 2.44. The first-order chi connectivity index (χ1) is 10.3. The summed E-state index contributed by atoms with van der Waals surface area (Å²) < 4.78 is 31.3. The highest BCUT2D eigenvalue weighted by Gasteiger charge is 2.24. The van der Waals surface area contributed by atoms with Gasteiger partial charge in [0.05, 0.1) is 12.7 Å². The summed E-state index contributed by atoms with van der Waals surface area (Å²) in [5.41, 5.74) is -0.135. The molecule has 2 rings (SSSR count). The predicted octanol–water partition coefficient (Wildman–Crippen LogP) is 1.77. The van der Waals surface area contributed by atoms with E-state index in [0.29, 0.717) is 0 Å². The van der Waals surface area contributed by atoms with Crippen molar-refractivity contribution < 1.29 is 17.9 Å². The van der Waals surface area contributed by atoms with Crippen LogP contribution >= 0.6 is 23.2 Å². The number of sulfonamides is 1. The minimum absolute atomic E-state index is 0.135. The molecule has 116 valence electrons. The molecule has 0 spiro atoms. The topological polar surface area (TPSA) is 111 Å². The minimum atomic E-state index is -4.15. The molecule has 0 unspecified atom stereocenters. The average molecular weight is 363 g/mol. The van der Waals surface area contributed by atoms with E-state index in [4.69, 9.17) is 23.2 Å². The Bertz CT molecular complexity index is 808. The van der Waals surface area contributed by atoms with Gasteiger partial charge in [0.15, 0.2) is 0 Å². The first-order valence-corrected chi connectivity index (χ1v) is 7.84. The number of rotatable bonds is 4. The minimum Gasteiger partial charge on any atom is -0.465 e. The smallest absolute Gasteiger partial charge is 0.339 e. The normalized spacial score (nSPS) is 11.0. The van der Waals surface area contributed by atoms with Crippen LogP contribution in [0.25, 0.3) is 0 Å². The van der Waals surface area contributed by atoms with E-state index in [0.717, 1.165) is 7.11 Å². The zero-order chi connectivity index (χ0) is 16.3. The van der Waals surface area contributed by atoms with Gasteiger partial charge >= 0.3 is 5.97 Å².